The molecule has 1 aromatic carbocycles. The molecule has 148 valence electrons. The van der Waals surface area contributed by atoms with Crippen LogP contribution in [0.4, 0.5) is 5.82 Å². The van der Waals surface area contributed by atoms with Gasteiger partial charge in [-0.25, -0.2) is 4.98 Å². The number of carbonyl (C=O) groups is 1. The summed E-state index contributed by atoms with van der Waals surface area (Å²) in [7, 11) is 0. The van der Waals surface area contributed by atoms with E-state index in [4.69, 9.17) is 4.98 Å². The average Bonchev–Trinajstić information content (AvgIpc) is 2.98. The highest BCUT2D eigenvalue weighted by Gasteiger charge is 2.68. The SMILES string of the molecule is Cc1cn(C(C)C)c2cc(-c3ccc(N4CC5CC46CC6N5)nc3)cc(C=O)c12. The van der Waals surface area contributed by atoms with Crippen molar-refractivity contribution in [1.82, 2.24) is 14.9 Å². The van der Waals surface area contributed by atoms with Crippen molar-refractivity contribution < 1.29 is 4.79 Å². The van der Waals surface area contributed by atoms with E-state index < -0.39 is 0 Å². The zero-order valence-corrected chi connectivity index (χ0v) is 17.1. The molecule has 5 nitrogen and oxygen atoms in total. The maximum absolute atomic E-state index is 11.8. The molecule has 29 heavy (non-hydrogen) atoms. The smallest absolute Gasteiger partial charge is 0.150 e. The van der Waals surface area contributed by atoms with Crippen molar-refractivity contribution in [2.45, 2.75) is 57.3 Å². The molecule has 1 spiro atoms. The highest BCUT2D eigenvalue weighted by atomic mass is 16.1. The maximum Gasteiger partial charge on any atom is 0.150 e. The molecule has 5 heteroatoms. The highest BCUT2D eigenvalue weighted by molar-refractivity contribution is 6.02. The molecule has 2 aliphatic heterocycles. The predicted molar refractivity (Wildman–Crippen MR) is 116 cm³/mol. The van der Waals surface area contributed by atoms with E-state index in [0.29, 0.717) is 23.7 Å². The maximum atomic E-state index is 11.8. The second-order valence-electron chi connectivity index (χ2n) is 9.33. The fourth-order valence-electron chi connectivity index (χ4n) is 5.78. The van der Waals surface area contributed by atoms with Crippen molar-refractivity contribution in [2.75, 3.05) is 11.4 Å². The fraction of sp³-hybridized carbons (Fsp3) is 0.417. The Labute approximate surface area is 170 Å². The number of pyridine rings is 1. The minimum absolute atomic E-state index is 0.332. The van der Waals surface area contributed by atoms with E-state index in [0.717, 1.165) is 51.8 Å². The predicted octanol–water partition coefficient (Wildman–Crippen LogP) is 4.10. The van der Waals surface area contributed by atoms with E-state index in [1.54, 1.807) is 0 Å². The third-order valence-electron chi connectivity index (χ3n) is 7.22. The summed E-state index contributed by atoms with van der Waals surface area (Å²) >= 11 is 0. The van der Waals surface area contributed by atoms with Crippen LogP contribution in [0.2, 0.25) is 0 Å². The van der Waals surface area contributed by atoms with E-state index in [1.165, 1.54) is 12.8 Å². The number of fused-ring (bicyclic) bond motifs is 2. The van der Waals surface area contributed by atoms with Gasteiger partial charge in [0.1, 0.15) is 5.82 Å². The summed E-state index contributed by atoms with van der Waals surface area (Å²) in [6.07, 6.45) is 7.60. The van der Waals surface area contributed by atoms with Crippen LogP contribution in [0.15, 0.2) is 36.7 Å². The summed E-state index contributed by atoms with van der Waals surface area (Å²) in [5.41, 5.74) is 5.45. The second-order valence-corrected chi connectivity index (χ2v) is 9.33. The van der Waals surface area contributed by atoms with Gasteiger partial charge in [0.25, 0.3) is 0 Å². The zero-order valence-electron chi connectivity index (χ0n) is 17.1. The van der Waals surface area contributed by atoms with Crippen LogP contribution in [0.3, 0.4) is 0 Å². The molecule has 3 unspecified atom stereocenters. The number of anilines is 1. The number of rotatable bonds is 4. The molecule has 3 aromatic rings. The van der Waals surface area contributed by atoms with E-state index in [9.17, 15) is 4.79 Å². The minimum Gasteiger partial charge on any atom is -0.348 e. The molecule has 3 aliphatic rings. The van der Waals surface area contributed by atoms with Crippen LogP contribution < -0.4 is 10.2 Å². The standard InChI is InChI=1S/C24H26N4O/c1-14(2)27-11-15(3)23-18(13-29)6-17(7-20(23)27)16-4-5-22(25-10-16)28-12-19-8-24(28)9-21(24)26-19/h4-7,10-11,13-14,19,21,26H,8-9,12H2,1-3H3. The summed E-state index contributed by atoms with van der Waals surface area (Å²) in [6.45, 7) is 7.48. The third-order valence-corrected chi connectivity index (χ3v) is 7.22. The van der Waals surface area contributed by atoms with Crippen LogP contribution in [-0.4, -0.2) is 40.0 Å². The number of piperidine rings is 1. The number of piperazine rings is 1. The number of benzene rings is 1. The number of hydrogen-bond acceptors (Lipinski definition) is 4. The number of aldehydes is 1. The molecule has 0 amide bonds. The first-order valence-electron chi connectivity index (χ1n) is 10.6. The van der Waals surface area contributed by atoms with Gasteiger partial charge in [-0.05, 0) is 69.0 Å². The Hall–Kier alpha value is -2.66. The number of aryl methyl sites for hydroxylation is 1. The van der Waals surface area contributed by atoms with Gasteiger partial charge in [0.05, 0.1) is 5.54 Å². The van der Waals surface area contributed by atoms with Crippen LogP contribution in [-0.2, 0) is 0 Å². The molecule has 6 rings (SSSR count). The van der Waals surface area contributed by atoms with E-state index in [2.05, 4.69) is 60.0 Å². The van der Waals surface area contributed by atoms with Crippen LogP contribution in [0.25, 0.3) is 22.0 Å². The Morgan fingerprint density at radius 1 is 1.24 bits per heavy atom. The van der Waals surface area contributed by atoms with Gasteiger partial charge in [0.15, 0.2) is 6.29 Å². The fourth-order valence-corrected chi connectivity index (χ4v) is 5.78. The Balaban J connectivity index is 1.40. The lowest BCUT2D eigenvalue weighted by atomic mass is 10.00. The largest absolute Gasteiger partial charge is 0.348 e. The number of nitrogens with zero attached hydrogens (tertiary/aromatic N) is 3. The van der Waals surface area contributed by atoms with Crippen molar-refractivity contribution in [1.29, 1.82) is 0 Å². The van der Waals surface area contributed by atoms with Gasteiger partial charge in [-0.2, -0.15) is 0 Å². The van der Waals surface area contributed by atoms with Crippen molar-refractivity contribution >= 4 is 23.0 Å². The number of hydrogen-bond donors (Lipinski definition) is 1. The van der Waals surface area contributed by atoms with Crippen molar-refractivity contribution in [3.8, 4) is 11.1 Å². The molecule has 1 saturated carbocycles. The molecule has 2 bridgehead atoms. The zero-order chi connectivity index (χ0) is 19.9. The third kappa shape index (κ3) is 2.31. The normalized spacial score (nSPS) is 27.1. The summed E-state index contributed by atoms with van der Waals surface area (Å²) in [5.74, 6) is 1.08. The quantitative estimate of drug-likeness (QED) is 0.686. The van der Waals surface area contributed by atoms with E-state index in [-0.39, 0.29) is 0 Å². The molecule has 3 fully saturated rings. The molecule has 1 N–H and O–H groups in total. The van der Waals surface area contributed by atoms with Crippen molar-refractivity contribution in [2.24, 2.45) is 0 Å². The lowest BCUT2D eigenvalue weighted by Gasteiger charge is -2.28. The molecule has 3 atom stereocenters. The first-order chi connectivity index (χ1) is 14.0. The Morgan fingerprint density at radius 2 is 2.10 bits per heavy atom. The Bertz CT molecular complexity index is 1150. The van der Waals surface area contributed by atoms with Gasteiger partial charge in [-0.3, -0.25) is 4.79 Å². The average molecular weight is 386 g/mol. The molecule has 2 saturated heterocycles. The van der Waals surface area contributed by atoms with Gasteiger partial charge in [-0.15, -0.1) is 0 Å². The lowest BCUT2D eigenvalue weighted by molar-refractivity contribution is 0.112. The number of aromatic nitrogens is 2. The van der Waals surface area contributed by atoms with Crippen LogP contribution in [0.5, 0.6) is 0 Å². The summed E-state index contributed by atoms with van der Waals surface area (Å²) in [4.78, 5) is 19.2. The summed E-state index contributed by atoms with van der Waals surface area (Å²) < 4.78 is 2.25. The molecular weight excluding hydrogens is 360 g/mol. The van der Waals surface area contributed by atoms with Crippen LogP contribution in [0, 0.1) is 6.92 Å². The molecular formula is C24H26N4O. The Morgan fingerprint density at radius 3 is 2.76 bits per heavy atom. The van der Waals surface area contributed by atoms with E-state index in [1.807, 2.05) is 12.3 Å². The van der Waals surface area contributed by atoms with Gasteiger partial charge < -0.3 is 14.8 Å². The van der Waals surface area contributed by atoms with Gasteiger partial charge >= 0.3 is 0 Å². The first-order valence-corrected chi connectivity index (χ1v) is 10.6. The van der Waals surface area contributed by atoms with Gasteiger partial charge in [-0.1, -0.05) is 0 Å². The monoisotopic (exact) mass is 386 g/mol. The first kappa shape index (κ1) is 17.2. The number of carbonyl (C=O) groups excluding carboxylic acids is 1. The van der Waals surface area contributed by atoms with E-state index >= 15 is 0 Å². The minimum atomic E-state index is 0.332. The molecule has 2 aromatic heterocycles. The van der Waals surface area contributed by atoms with Crippen molar-refractivity contribution in [3.63, 3.8) is 0 Å². The topological polar surface area (TPSA) is 50.2 Å². The van der Waals surface area contributed by atoms with Crippen LogP contribution in [0.1, 0.15) is 48.7 Å². The summed E-state index contributed by atoms with van der Waals surface area (Å²) in [5, 5.41) is 4.75. The summed E-state index contributed by atoms with van der Waals surface area (Å²) in [6, 6.07) is 10.1. The highest BCUT2D eigenvalue weighted by Crippen LogP contribution is 2.56. The van der Waals surface area contributed by atoms with Crippen molar-refractivity contribution in [3.05, 3.63) is 47.8 Å². The van der Waals surface area contributed by atoms with Gasteiger partial charge in [0.2, 0.25) is 0 Å². The molecule has 4 heterocycles. The van der Waals surface area contributed by atoms with Crippen LogP contribution >= 0.6 is 0 Å². The lowest BCUT2D eigenvalue weighted by Crippen LogP contribution is -2.44. The molecule has 1 aliphatic carbocycles. The Kier molecular flexibility index (Phi) is 3.38. The number of nitrogens with one attached hydrogen (secondary N) is 1. The molecule has 0 radical (unpaired) electrons. The van der Waals surface area contributed by atoms with Gasteiger partial charge in [0, 0.05) is 59.1 Å². The second kappa shape index (κ2) is 5.70.